The number of aryl methyl sites for hydroxylation is 1. The third kappa shape index (κ3) is 4.19. The Morgan fingerprint density at radius 3 is 2.53 bits per heavy atom. The van der Waals surface area contributed by atoms with Crippen molar-refractivity contribution in [2.45, 2.75) is 13.3 Å². The Morgan fingerprint density at radius 1 is 1.03 bits per heavy atom. The number of aromatic nitrogens is 5. The molecule has 0 spiro atoms. The van der Waals surface area contributed by atoms with Crippen molar-refractivity contribution in [3.8, 4) is 27.9 Å². The van der Waals surface area contributed by atoms with Gasteiger partial charge in [-0.05, 0) is 53.6 Å². The van der Waals surface area contributed by atoms with Gasteiger partial charge in [0.05, 0.1) is 23.6 Å². The summed E-state index contributed by atoms with van der Waals surface area (Å²) >= 11 is 0. The smallest absolute Gasteiger partial charge is 0.150 e. The first-order chi connectivity index (χ1) is 16.4. The van der Waals surface area contributed by atoms with E-state index in [1.807, 2.05) is 31.3 Å². The van der Waals surface area contributed by atoms with E-state index >= 15 is 0 Å². The lowest BCUT2D eigenvalue weighted by molar-refractivity contribution is 0.585. The van der Waals surface area contributed by atoms with E-state index in [0.29, 0.717) is 11.3 Å². The molecule has 7 nitrogen and oxygen atoms in total. The number of benzene rings is 2. The fraction of sp³-hybridized carbons (Fsp3) is 0.125. The van der Waals surface area contributed by atoms with Gasteiger partial charge >= 0.3 is 0 Å². The van der Waals surface area contributed by atoms with E-state index < -0.39 is 22.6 Å². The van der Waals surface area contributed by atoms with Crippen LogP contribution >= 0.6 is 0 Å². The summed E-state index contributed by atoms with van der Waals surface area (Å²) in [6.45, 7) is 1.99. The number of anilines is 1. The minimum absolute atomic E-state index is 0.241. The summed E-state index contributed by atoms with van der Waals surface area (Å²) in [5, 5.41) is 8.92. The first kappa shape index (κ1) is 21.9. The summed E-state index contributed by atoms with van der Waals surface area (Å²) in [6.07, 6.45) is 7.47. The van der Waals surface area contributed by atoms with Gasteiger partial charge in [-0.25, -0.2) is 27.2 Å². The van der Waals surface area contributed by atoms with E-state index in [4.69, 9.17) is 0 Å². The second kappa shape index (κ2) is 8.79. The maximum atomic E-state index is 14.5. The van der Waals surface area contributed by atoms with Crippen molar-refractivity contribution in [3.05, 3.63) is 84.7 Å². The molecule has 0 radical (unpaired) electrons. The molecule has 0 aliphatic heterocycles. The summed E-state index contributed by atoms with van der Waals surface area (Å²) in [4.78, 5) is 4.26. The van der Waals surface area contributed by atoms with Crippen LogP contribution < -0.4 is 4.72 Å². The topological polar surface area (TPSA) is 77.1 Å². The zero-order valence-corrected chi connectivity index (χ0v) is 19.2. The minimum atomic E-state index is -1.34. The number of pyridine rings is 1. The molecule has 10 heteroatoms. The van der Waals surface area contributed by atoms with Gasteiger partial charge in [0.25, 0.3) is 0 Å². The van der Waals surface area contributed by atoms with E-state index in [1.54, 1.807) is 33.9 Å². The van der Waals surface area contributed by atoms with E-state index in [1.165, 1.54) is 18.4 Å². The van der Waals surface area contributed by atoms with Gasteiger partial charge < -0.3 is 4.72 Å². The van der Waals surface area contributed by atoms with Crippen molar-refractivity contribution < 1.29 is 13.0 Å². The zero-order valence-electron chi connectivity index (χ0n) is 18.4. The van der Waals surface area contributed by atoms with Crippen LogP contribution in [-0.4, -0.2) is 34.8 Å². The monoisotopic (exact) mass is 478 g/mol. The van der Waals surface area contributed by atoms with Gasteiger partial charge in [-0.2, -0.15) is 10.2 Å². The van der Waals surface area contributed by atoms with Crippen molar-refractivity contribution in [3.63, 3.8) is 0 Å². The summed E-state index contributed by atoms with van der Waals surface area (Å²) < 4.78 is 46.1. The molecule has 0 saturated heterocycles. The molecule has 0 aliphatic carbocycles. The van der Waals surface area contributed by atoms with Crippen molar-refractivity contribution in [1.82, 2.24) is 24.4 Å². The molecule has 0 saturated carbocycles. The lowest BCUT2D eigenvalue weighted by Gasteiger charge is -2.11. The summed E-state index contributed by atoms with van der Waals surface area (Å²) in [5.74, 6) is -0.578. The molecule has 172 valence electrons. The van der Waals surface area contributed by atoms with Gasteiger partial charge in [-0.15, -0.1) is 0 Å². The predicted octanol–water partition coefficient (Wildman–Crippen LogP) is 4.80. The minimum Gasteiger partial charge on any atom is -0.305 e. The molecule has 0 aliphatic rings. The largest absolute Gasteiger partial charge is 0.305 e. The van der Waals surface area contributed by atoms with Gasteiger partial charge in [-0.1, -0.05) is 6.92 Å². The summed E-state index contributed by atoms with van der Waals surface area (Å²) in [7, 11) is -1.34. The van der Waals surface area contributed by atoms with Gasteiger partial charge in [0, 0.05) is 35.6 Å². The predicted molar refractivity (Wildman–Crippen MR) is 128 cm³/mol. The molecule has 0 fully saturated rings. The molecular formula is C24H20F2N6OS. The molecule has 1 atom stereocenters. The first-order valence-electron chi connectivity index (χ1n) is 10.5. The average molecular weight is 479 g/mol. The quantitative estimate of drug-likeness (QED) is 0.381. The Hall–Kier alpha value is -3.92. The van der Waals surface area contributed by atoms with Crippen LogP contribution in [0.3, 0.4) is 0 Å². The molecular weight excluding hydrogens is 458 g/mol. The normalized spacial score (nSPS) is 12.2. The number of nitrogens with zero attached hydrogens (tertiary/aromatic N) is 5. The van der Waals surface area contributed by atoms with Crippen molar-refractivity contribution in [2.24, 2.45) is 0 Å². The van der Waals surface area contributed by atoms with Crippen LogP contribution in [-0.2, 0) is 17.4 Å². The van der Waals surface area contributed by atoms with Crippen LogP contribution in [0, 0.1) is 11.6 Å². The molecule has 3 aromatic heterocycles. The lowest BCUT2D eigenvalue weighted by Crippen LogP contribution is -2.02. The van der Waals surface area contributed by atoms with Crippen molar-refractivity contribution >= 4 is 22.2 Å². The average Bonchev–Trinajstić information content (AvgIpc) is 3.45. The van der Waals surface area contributed by atoms with Crippen LogP contribution in [0.2, 0.25) is 0 Å². The molecule has 1 N–H and O–H groups in total. The molecule has 34 heavy (non-hydrogen) atoms. The standard InChI is InChI=1S/C24H20F2N6OS/c1-3-24-27-14-32(29-24)19-5-7-23-21(12-28-31(23)13-19)16-8-15(9-18(10-16)30-34(2)33)20-6-4-17(25)11-22(20)26/h4-14,30H,3H2,1-2H3. The Bertz CT molecular complexity index is 1540. The number of rotatable bonds is 6. The van der Waals surface area contributed by atoms with E-state index in [9.17, 15) is 13.0 Å². The first-order valence-corrected chi connectivity index (χ1v) is 12.1. The Morgan fingerprint density at radius 2 is 1.82 bits per heavy atom. The van der Waals surface area contributed by atoms with Crippen LogP contribution in [0.25, 0.3) is 33.5 Å². The van der Waals surface area contributed by atoms with E-state index in [0.717, 1.165) is 40.6 Å². The zero-order chi connectivity index (χ0) is 23.8. The second-order valence-corrected chi connectivity index (χ2v) is 8.83. The van der Waals surface area contributed by atoms with Crippen LogP contribution in [0.15, 0.2) is 67.3 Å². The highest BCUT2D eigenvalue weighted by atomic mass is 32.2. The SMILES string of the molecule is CCc1ncn(-c2ccc3c(-c4cc(NS(C)=O)cc(-c5ccc(F)cc5F)c4)cnn3c2)n1. The Kier molecular flexibility index (Phi) is 5.66. The Balaban J connectivity index is 1.62. The van der Waals surface area contributed by atoms with Gasteiger partial charge in [0.15, 0.2) is 5.82 Å². The maximum absolute atomic E-state index is 14.5. The Labute approximate surface area is 196 Å². The highest BCUT2D eigenvalue weighted by Crippen LogP contribution is 2.34. The molecule has 3 heterocycles. The van der Waals surface area contributed by atoms with Gasteiger partial charge in [0.1, 0.15) is 28.9 Å². The van der Waals surface area contributed by atoms with Crippen LogP contribution in [0.5, 0.6) is 0 Å². The van der Waals surface area contributed by atoms with Crippen molar-refractivity contribution in [2.75, 3.05) is 11.0 Å². The summed E-state index contributed by atoms with van der Waals surface area (Å²) in [5.41, 5.74) is 4.47. The number of fused-ring (bicyclic) bond motifs is 1. The van der Waals surface area contributed by atoms with Gasteiger partial charge in [0.2, 0.25) is 0 Å². The number of nitrogens with one attached hydrogen (secondary N) is 1. The molecule has 5 rings (SSSR count). The van der Waals surface area contributed by atoms with E-state index in [-0.39, 0.29) is 5.56 Å². The third-order valence-corrected chi connectivity index (χ3v) is 5.89. The highest BCUT2D eigenvalue weighted by molar-refractivity contribution is 7.85. The molecule has 5 aromatic rings. The highest BCUT2D eigenvalue weighted by Gasteiger charge is 2.14. The summed E-state index contributed by atoms with van der Waals surface area (Å²) in [6, 6.07) is 12.6. The number of hydrogen-bond donors (Lipinski definition) is 1. The number of halogens is 2. The fourth-order valence-electron chi connectivity index (χ4n) is 3.80. The van der Waals surface area contributed by atoms with Crippen LogP contribution in [0.4, 0.5) is 14.5 Å². The van der Waals surface area contributed by atoms with Crippen LogP contribution in [0.1, 0.15) is 12.7 Å². The van der Waals surface area contributed by atoms with Gasteiger partial charge in [-0.3, -0.25) is 0 Å². The fourth-order valence-corrected chi connectivity index (χ4v) is 4.25. The second-order valence-electron chi connectivity index (χ2n) is 7.71. The number of hydrogen-bond acceptors (Lipinski definition) is 4. The molecule has 0 bridgehead atoms. The van der Waals surface area contributed by atoms with Crippen molar-refractivity contribution in [1.29, 1.82) is 0 Å². The van der Waals surface area contributed by atoms with E-state index in [2.05, 4.69) is 19.9 Å². The third-order valence-electron chi connectivity index (χ3n) is 5.37. The molecule has 2 aromatic carbocycles. The molecule has 1 unspecified atom stereocenters. The lowest BCUT2D eigenvalue weighted by atomic mass is 9.98. The molecule has 0 amide bonds. The maximum Gasteiger partial charge on any atom is 0.150 e.